The van der Waals surface area contributed by atoms with Gasteiger partial charge in [-0.1, -0.05) is 12.1 Å². The zero-order chi connectivity index (χ0) is 11.8. The first-order valence-corrected chi connectivity index (χ1v) is 5.60. The predicted molar refractivity (Wildman–Crippen MR) is 65.6 cm³/mol. The maximum absolute atomic E-state index is 12.9. The van der Waals surface area contributed by atoms with Crippen LogP contribution >= 0.6 is 0 Å². The Bertz CT molecular complexity index is 376. The van der Waals surface area contributed by atoms with E-state index in [1.54, 1.807) is 12.1 Å². The minimum atomic E-state index is -0.165. The normalized spacial score (nSPS) is 11.7. The van der Waals surface area contributed by atoms with Crippen molar-refractivity contribution in [2.45, 2.75) is 32.7 Å². The highest BCUT2D eigenvalue weighted by Crippen LogP contribution is 2.06. The molecule has 16 heavy (non-hydrogen) atoms. The summed E-state index contributed by atoms with van der Waals surface area (Å²) in [6.45, 7) is 4.83. The zero-order valence-corrected chi connectivity index (χ0v) is 9.89. The van der Waals surface area contributed by atoms with E-state index < -0.39 is 0 Å². The third-order valence-electron chi connectivity index (χ3n) is 2.35. The smallest absolute Gasteiger partial charge is 0.123 e. The van der Waals surface area contributed by atoms with E-state index in [2.05, 4.69) is 24.1 Å². The Morgan fingerprint density at radius 2 is 2.25 bits per heavy atom. The van der Waals surface area contributed by atoms with Crippen LogP contribution in [-0.4, -0.2) is 12.6 Å². The molecule has 1 N–H and O–H groups in total. The average Bonchev–Trinajstić information content (AvgIpc) is 2.24. The van der Waals surface area contributed by atoms with E-state index in [1.165, 1.54) is 6.07 Å². The standard InChI is InChI=1S/C14H18FN/c1-3-4-5-9-16-12(2)10-13-7-6-8-14(15)11-13/h6-8,11-12,16H,5,9-10H2,1-2H3. The van der Waals surface area contributed by atoms with Gasteiger partial charge in [-0.2, -0.15) is 0 Å². The number of hydrogen-bond acceptors (Lipinski definition) is 1. The molecule has 0 aliphatic heterocycles. The third kappa shape index (κ3) is 4.95. The highest BCUT2D eigenvalue weighted by Gasteiger charge is 2.02. The van der Waals surface area contributed by atoms with Gasteiger partial charge < -0.3 is 5.32 Å². The van der Waals surface area contributed by atoms with E-state index in [1.807, 2.05) is 13.0 Å². The second kappa shape index (κ2) is 7.03. The number of benzene rings is 1. The second-order valence-corrected chi connectivity index (χ2v) is 3.87. The molecule has 0 saturated heterocycles. The molecular weight excluding hydrogens is 201 g/mol. The van der Waals surface area contributed by atoms with E-state index in [0.717, 1.165) is 24.9 Å². The summed E-state index contributed by atoms with van der Waals surface area (Å²) in [6, 6.07) is 7.11. The van der Waals surface area contributed by atoms with E-state index in [4.69, 9.17) is 0 Å². The van der Waals surface area contributed by atoms with Gasteiger partial charge in [0.15, 0.2) is 0 Å². The van der Waals surface area contributed by atoms with Crippen LogP contribution in [0.15, 0.2) is 24.3 Å². The molecule has 0 heterocycles. The van der Waals surface area contributed by atoms with Gasteiger partial charge in [-0.25, -0.2) is 4.39 Å². The first-order chi connectivity index (χ1) is 7.72. The average molecular weight is 219 g/mol. The Kier molecular flexibility index (Phi) is 5.60. The molecule has 1 unspecified atom stereocenters. The first-order valence-electron chi connectivity index (χ1n) is 5.60. The SMILES string of the molecule is CC#CCCNC(C)Cc1cccc(F)c1. The molecule has 1 nitrogen and oxygen atoms in total. The van der Waals surface area contributed by atoms with Gasteiger partial charge in [0, 0.05) is 19.0 Å². The summed E-state index contributed by atoms with van der Waals surface area (Å²) in [5, 5.41) is 3.36. The Morgan fingerprint density at radius 3 is 2.94 bits per heavy atom. The summed E-state index contributed by atoms with van der Waals surface area (Å²) in [7, 11) is 0. The highest BCUT2D eigenvalue weighted by atomic mass is 19.1. The third-order valence-corrected chi connectivity index (χ3v) is 2.35. The van der Waals surface area contributed by atoms with Gasteiger partial charge in [0.1, 0.15) is 5.82 Å². The van der Waals surface area contributed by atoms with Crippen LogP contribution in [0.3, 0.4) is 0 Å². The summed E-state index contributed by atoms with van der Waals surface area (Å²) in [6.07, 6.45) is 1.71. The Labute approximate surface area is 97.1 Å². The first kappa shape index (κ1) is 12.7. The minimum Gasteiger partial charge on any atom is -0.313 e. The molecule has 0 aliphatic carbocycles. The van der Waals surface area contributed by atoms with Crippen LogP contribution in [0.2, 0.25) is 0 Å². The molecule has 0 radical (unpaired) electrons. The molecule has 0 saturated carbocycles. The van der Waals surface area contributed by atoms with E-state index >= 15 is 0 Å². The Hall–Kier alpha value is -1.33. The largest absolute Gasteiger partial charge is 0.313 e. The van der Waals surface area contributed by atoms with Crippen LogP contribution in [0.25, 0.3) is 0 Å². The molecule has 0 amide bonds. The number of halogens is 1. The lowest BCUT2D eigenvalue weighted by Crippen LogP contribution is -2.28. The second-order valence-electron chi connectivity index (χ2n) is 3.87. The van der Waals surface area contributed by atoms with Gasteiger partial charge in [-0.05, 0) is 38.0 Å². The maximum Gasteiger partial charge on any atom is 0.123 e. The molecule has 1 atom stereocenters. The lowest BCUT2D eigenvalue weighted by molar-refractivity contribution is 0.551. The fraction of sp³-hybridized carbons (Fsp3) is 0.429. The van der Waals surface area contributed by atoms with Crippen molar-refractivity contribution < 1.29 is 4.39 Å². The van der Waals surface area contributed by atoms with Crippen LogP contribution in [0, 0.1) is 17.7 Å². The Morgan fingerprint density at radius 1 is 1.44 bits per heavy atom. The molecule has 0 fully saturated rings. The lowest BCUT2D eigenvalue weighted by atomic mass is 10.1. The summed E-state index contributed by atoms with van der Waals surface area (Å²) in [4.78, 5) is 0. The van der Waals surface area contributed by atoms with Gasteiger partial charge in [0.25, 0.3) is 0 Å². The predicted octanol–water partition coefficient (Wildman–Crippen LogP) is 2.76. The van der Waals surface area contributed by atoms with Crippen molar-refractivity contribution >= 4 is 0 Å². The number of nitrogens with one attached hydrogen (secondary N) is 1. The van der Waals surface area contributed by atoms with Crippen LogP contribution in [-0.2, 0) is 6.42 Å². The summed E-state index contributed by atoms with van der Waals surface area (Å²) in [5.41, 5.74) is 1.03. The van der Waals surface area contributed by atoms with Crippen molar-refractivity contribution in [1.29, 1.82) is 0 Å². The van der Waals surface area contributed by atoms with Crippen molar-refractivity contribution in [3.63, 3.8) is 0 Å². The van der Waals surface area contributed by atoms with Crippen molar-refractivity contribution in [1.82, 2.24) is 5.32 Å². The lowest BCUT2D eigenvalue weighted by Gasteiger charge is -2.12. The Balaban J connectivity index is 2.32. The fourth-order valence-corrected chi connectivity index (χ4v) is 1.60. The molecule has 1 aromatic carbocycles. The van der Waals surface area contributed by atoms with Crippen molar-refractivity contribution in [2.75, 3.05) is 6.54 Å². The quantitative estimate of drug-likeness (QED) is 0.593. The number of hydrogen-bond donors (Lipinski definition) is 1. The van der Waals surface area contributed by atoms with E-state index in [0.29, 0.717) is 6.04 Å². The maximum atomic E-state index is 12.9. The molecule has 0 bridgehead atoms. The number of rotatable bonds is 5. The topological polar surface area (TPSA) is 12.0 Å². The summed E-state index contributed by atoms with van der Waals surface area (Å²) < 4.78 is 12.9. The molecule has 1 aromatic rings. The van der Waals surface area contributed by atoms with Crippen molar-refractivity contribution in [3.05, 3.63) is 35.6 Å². The molecule has 0 spiro atoms. The molecule has 86 valence electrons. The molecular formula is C14H18FN. The van der Waals surface area contributed by atoms with Crippen LogP contribution in [0.1, 0.15) is 25.8 Å². The monoisotopic (exact) mass is 219 g/mol. The summed E-state index contributed by atoms with van der Waals surface area (Å²) >= 11 is 0. The minimum absolute atomic E-state index is 0.165. The summed E-state index contributed by atoms with van der Waals surface area (Å²) in [5.74, 6) is 5.70. The zero-order valence-electron chi connectivity index (χ0n) is 9.89. The highest BCUT2D eigenvalue weighted by molar-refractivity contribution is 5.17. The molecule has 1 rings (SSSR count). The van der Waals surface area contributed by atoms with Gasteiger partial charge in [0.2, 0.25) is 0 Å². The van der Waals surface area contributed by atoms with Gasteiger partial charge in [-0.3, -0.25) is 0 Å². The van der Waals surface area contributed by atoms with E-state index in [9.17, 15) is 4.39 Å². The van der Waals surface area contributed by atoms with Crippen molar-refractivity contribution in [3.8, 4) is 11.8 Å². The molecule has 0 aromatic heterocycles. The fourth-order valence-electron chi connectivity index (χ4n) is 1.60. The van der Waals surface area contributed by atoms with Crippen molar-refractivity contribution in [2.24, 2.45) is 0 Å². The van der Waals surface area contributed by atoms with Gasteiger partial charge in [0.05, 0.1) is 0 Å². The van der Waals surface area contributed by atoms with Crippen LogP contribution < -0.4 is 5.32 Å². The van der Waals surface area contributed by atoms with Gasteiger partial charge in [-0.15, -0.1) is 11.8 Å². The molecule has 2 heteroatoms. The molecule has 0 aliphatic rings. The van der Waals surface area contributed by atoms with Crippen LogP contribution in [0.5, 0.6) is 0 Å². The van der Waals surface area contributed by atoms with Crippen LogP contribution in [0.4, 0.5) is 4.39 Å². The van der Waals surface area contributed by atoms with Gasteiger partial charge >= 0.3 is 0 Å². The van der Waals surface area contributed by atoms with E-state index in [-0.39, 0.29) is 5.82 Å².